The zero-order chi connectivity index (χ0) is 20.2. The summed E-state index contributed by atoms with van der Waals surface area (Å²) in [6, 6.07) is 10.5. The van der Waals surface area contributed by atoms with Crippen molar-refractivity contribution < 1.29 is 4.79 Å². The minimum Gasteiger partial charge on any atom is -0.357 e. The molecule has 0 aromatic heterocycles. The highest BCUT2D eigenvalue weighted by atomic mass is 127. The summed E-state index contributed by atoms with van der Waals surface area (Å²) >= 11 is 1.84. The second kappa shape index (κ2) is 14.9. The maximum Gasteiger partial charge on any atom is 0.239 e. The van der Waals surface area contributed by atoms with Crippen molar-refractivity contribution in [2.75, 3.05) is 52.6 Å². The van der Waals surface area contributed by atoms with E-state index in [0.29, 0.717) is 0 Å². The number of carbonyl (C=O) groups excluding carboxylic acids is 1. The van der Waals surface area contributed by atoms with E-state index < -0.39 is 0 Å². The van der Waals surface area contributed by atoms with Gasteiger partial charge in [0.1, 0.15) is 0 Å². The van der Waals surface area contributed by atoms with E-state index in [4.69, 9.17) is 0 Å². The topological polar surface area (TPSA) is 60.0 Å². The van der Waals surface area contributed by atoms with Gasteiger partial charge in [-0.15, -0.1) is 35.7 Å². The Morgan fingerprint density at radius 1 is 1.28 bits per heavy atom. The standard InChI is InChI=1S/C21H35N5OS.HI/c1-4-22-21(24-14-17-28-18-10-6-5-7-11-18)23-13-9-16-26-15-8-12-19(26)20(27)25(2)3;/h5-7,10-11,19H,4,8-9,12-17H2,1-3H3,(H2,22,23,24);1H. The number of nitrogens with one attached hydrogen (secondary N) is 2. The molecule has 1 heterocycles. The zero-order valence-corrected chi connectivity index (χ0v) is 21.0. The van der Waals surface area contributed by atoms with Crippen molar-refractivity contribution in [3.8, 4) is 0 Å². The molecular formula is C21H36IN5OS. The number of hydrogen-bond acceptors (Lipinski definition) is 4. The Morgan fingerprint density at radius 2 is 2.03 bits per heavy atom. The van der Waals surface area contributed by atoms with Gasteiger partial charge >= 0.3 is 0 Å². The lowest BCUT2D eigenvalue weighted by Crippen LogP contribution is -2.43. The van der Waals surface area contributed by atoms with Crippen LogP contribution in [0.4, 0.5) is 0 Å². The summed E-state index contributed by atoms with van der Waals surface area (Å²) in [6.45, 7) is 6.51. The normalized spacial score (nSPS) is 16.9. The molecule has 0 saturated carbocycles. The van der Waals surface area contributed by atoms with Gasteiger partial charge in [-0.2, -0.15) is 0 Å². The van der Waals surface area contributed by atoms with E-state index in [1.54, 1.807) is 4.90 Å². The zero-order valence-electron chi connectivity index (χ0n) is 17.9. The van der Waals surface area contributed by atoms with Crippen LogP contribution in [-0.2, 0) is 4.79 Å². The van der Waals surface area contributed by atoms with E-state index in [-0.39, 0.29) is 35.9 Å². The molecule has 1 aromatic carbocycles. The smallest absolute Gasteiger partial charge is 0.239 e. The minimum absolute atomic E-state index is 0. The van der Waals surface area contributed by atoms with Crippen LogP contribution in [0.3, 0.4) is 0 Å². The largest absolute Gasteiger partial charge is 0.357 e. The molecular weight excluding hydrogens is 497 g/mol. The Morgan fingerprint density at radius 3 is 2.72 bits per heavy atom. The molecule has 1 aliphatic rings. The van der Waals surface area contributed by atoms with Crippen LogP contribution in [-0.4, -0.2) is 80.3 Å². The van der Waals surface area contributed by atoms with Gasteiger partial charge in [0.05, 0.1) is 6.04 Å². The van der Waals surface area contributed by atoms with Gasteiger partial charge in [-0.05, 0) is 44.9 Å². The summed E-state index contributed by atoms with van der Waals surface area (Å²) < 4.78 is 0. The predicted molar refractivity (Wildman–Crippen MR) is 134 cm³/mol. The number of likely N-dealkylation sites (tertiary alicyclic amines) is 1. The molecule has 8 heteroatoms. The van der Waals surface area contributed by atoms with Crippen molar-refractivity contribution in [1.29, 1.82) is 0 Å². The van der Waals surface area contributed by atoms with Crippen LogP contribution < -0.4 is 10.6 Å². The fourth-order valence-corrected chi connectivity index (χ4v) is 4.12. The van der Waals surface area contributed by atoms with Crippen molar-refractivity contribution in [2.24, 2.45) is 4.99 Å². The summed E-state index contributed by atoms with van der Waals surface area (Å²) in [5.41, 5.74) is 0. The lowest BCUT2D eigenvalue weighted by atomic mass is 10.2. The first-order valence-corrected chi connectivity index (χ1v) is 11.3. The Hall–Kier alpha value is -1.000. The van der Waals surface area contributed by atoms with Crippen molar-refractivity contribution >= 4 is 47.6 Å². The summed E-state index contributed by atoms with van der Waals surface area (Å²) in [5.74, 6) is 2.10. The summed E-state index contributed by atoms with van der Waals surface area (Å²) in [6.07, 6.45) is 3.05. The molecule has 29 heavy (non-hydrogen) atoms. The van der Waals surface area contributed by atoms with Gasteiger partial charge in [-0.25, -0.2) is 0 Å². The fourth-order valence-electron chi connectivity index (χ4n) is 3.33. The van der Waals surface area contributed by atoms with Crippen molar-refractivity contribution in [3.63, 3.8) is 0 Å². The lowest BCUT2D eigenvalue weighted by Gasteiger charge is -2.25. The van der Waals surface area contributed by atoms with Crippen LogP contribution in [0, 0.1) is 0 Å². The first-order valence-electron chi connectivity index (χ1n) is 10.3. The van der Waals surface area contributed by atoms with Gasteiger partial charge in [0.25, 0.3) is 0 Å². The Kier molecular flexibility index (Phi) is 13.4. The molecule has 0 spiro atoms. The third-order valence-corrected chi connectivity index (χ3v) is 5.73. The summed E-state index contributed by atoms with van der Waals surface area (Å²) in [7, 11) is 3.68. The van der Waals surface area contributed by atoms with Crippen LogP contribution in [0.1, 0.15) is 26.2 Å². The first-order chi connectivity index (χ1) is 13.6. The van der Waals surface area contributed by atoms with E-state index in [9.17, 15) is 4.79 Å². The van der Waals surface area contributed by atoms with Crippen LogP contribution in [0.2, 0.25) is 0 Å². The number of nitrogens with zero attached hydrogens (tertiary/aromatic N) is 3. The van der Waals surface area contributed by atoms with Gasteiger partial charge in [-0.1, -0.05) is 18.2 Å². The van der Waals surface area contributed by atoms with Crippen molar-refractivity contribution in [2.45, 2.75) is 37.1 Å². The highest BCUT2D eigenvalue weighted by molar-refractivity contribution is 14.0. The van der Waals surface area contributed by atoms with Crippen LogP contribution in [0.5, 0.6) is 0 Å². The molecule has 1 fully saturated rings. The number of thioether (sulfide) groups is 1. The molecule has 1 saturated heterocycles. The van der Waals surface area contributed by atoms with Gasteiger partial charge < -0.3 is 15.5 Å². The molecule has 0 bridgehead atoms. The van der Waals surface area contributed by atoms with E-state index in [0.717, 1.165) is 63.7 Å². The number of hydrogen-bond donors (Lipinski definition) is 2. The number of halogens is 1. The van der Waals surface area contributed by atoms with Crippen LogP contribution in [0.25, 0.3) is 0 Å². The maximum atomic E-state index is 12.3. The molecule has 1 aliphatic heterocycles. The molecule has 1 aromatic rings. The number of benzene rings is 1. The van der Waals surface area contributed by atoms with Crippen molar-refractivity contribution in [1.82, 2.24) is 20.4 Å². The van der Waals surface area contributed by atoms with Gasteiger partial charge in [0, 0.05) is 50.9 Å². The van der Waals surface area contributed by atoms with E-state index >= 15 is 0 Å². The molecule has 0 radical (unpaired) electrons. The van der Waals surface area contributed by atoms with Crippen LogP contribution >= 0.6 is 35.7 Å². The van der Waals surface area contributed by atoms with Crippen molar-refractivity contribution in [3.05, 3.63) is 30.3 Å². The Balaban J connectivity index is 0.00000420. The summed E-state index contributed by atoms with van der Waals surface area (Å²) in [5, 5.41) is 6.71. The number of rotatable bonds is 10. The lowest BCUT2D eigenvalue weighted by molar-refractivity contribution is -0.133. The highest BCUT2D eigenvalue weighted by Gasteiger charge is 2.30. The van der Waals surface area contributed by atoms with E-state index in [1.807, 2.05) is 31.9 Å². The van der Waals surface area contributed by atoms with E-state index in [2.05, 4.69) is 51.7 Å². The van der Waals surface area contributed by atoms with E-state index in [1.165, 1.54) is 4.90 Å². The number of carbonyl (C=O) groups is 1. The first kappa shape index (κ1) is 26.0. The Labute approximate surface area is 197 Å². The monoisotopic (exact) mass is 533 g/mol. The van der Waals surface area contributed by atoms with Crippen LogP contribution in [0.15, 0.2) is 40.2 Å². The number of amides is 1. The predicted octanol–water partition coefficient (Wildman–Crippen LogP) is 2.89. The summed E-state index contributed by atoms with van der Waals surface area (Å²) in [4.78, 5) is 22.3. The number of likely N-dealkylation sites (N-methyl/N-ethyl adjacent to an activating group) is 1. The molecule has 6 nitrogen and oxygen atoms in total. The second-order valence-corrected chi connectivity index (χ2v) is 8.30. The second-order valence-electron chi connectivity index (χ2n) is 7.13. The maximum absolute atomic E-state index is 12.3. The quantitative estimate of drug-likeness (QED) is 0.159. The molecule has 1 unspecified atom stereocenters. The molecule has 2 rings (SSSR count). The molecule has 1 amide bonds. The average Bonchev–Trinajstić information content (AvgIpc) is 3.16. The molecule has 1 atom stereocenters. The SMILES string of the molecule is CCNC(=NCCCN1CCCC1C(=O)N(C)C)NCCSc1ccccc1.I. The average molecular weight is 534 g/mol. The minimum atomic E-state index is 0. The number of aliphatic imine (C=N–C) groups is 1. The Bertz CT molecular complexity index is 614. The third kappa shape index (κ3) is 9.57. The fraction of sp³-hybridized carbons (Fsp3) is 0.619. The molecule has 2 N–H and O–H groups in total. The van der Waals surface area contributed by atoms with Gasteiger partial charge in [0.15, 0.2) is 5.96 Å². The third-order valence-electron chi connectivity index (χ3n) is 4.71. The molecule has 0 aliphatic carbocycles. The van der Waals surface area contributed by atoms with Gasteiger partial charge in [0.2, 0.25) is 5.91 Å². The molecule has 164 valence electrons. The number of guanidine groups is 1. The van der Waals surface area contributed by atoms with Gasteiger partial charge in [-0.3, -0.25) is 14.7 Å². The highest BCUT2D eigenvalue weighted by Crippen LogP contribution is 2.19.